The number of hydrogen-bond donors (Lipinski definition) is 0. The highest BCUT2D eigenvalue weighted by Crippen LogP contribution is 2.15. The minimum absolute atomic E-state index is 0.185. The Morgan fingerprint density at radius 1 is 1.06 bits per heavy atom. The lowest BCUT2D eigenvalue weighted by Crippen LogP contribution is -2.50. The normalized spacial score (nSPS) is 14.3. The molecule has 7 nitrogen and oxygen atoms in total. The summed E-state index contributed by atoms with van der Waals surface area (Å²) in [5.41, 5.74) is 1.26. The van der Waals surface area contributed by atoms with Gasteiger partial charge in [0.15, 0.2) is 5.69 Å². The first-order valence-electron chi connectivity index (χ1n) is 11.0. The molecule has 0 atom stereocenters. The van der Waals surface area contributed by atoms with Gasteiger partial charge in [0.2, 0.25) is 5.43 Å². The van der Waals surface area contributed by atoms with Gasteiger partial charge in [-0.25, -0.2) is 9.07 Å². The van der Waals surface area contributed by atoms with Crippen LogP contribution in [0.1, 0.15) is 21.7 Å². The summed E-state index contributed by atoms with van der Waals surface area (Å²) in [6.07, 6.45) is 0.908. The third-order valence-corrected chi connectivity index (χ3v) is 5.93. The van der Waals surface area contributed by atoms with Crippen molar-refractivity contribution in [1.29, 1.82) is 0 Å². The second-order valence-electron chi connectivity index (χ2n) is 8.09. The first kappa shape index (κ1) is 22.7. The number of aromatic nitrogens is 2. The maximum Gasteiger partial charge on any atom is 0.278 e. The molecule has 1 saturated heterocycles. The van der Waals surface area contributed by atoms with Crippen molar-refractivity contribution in [3.63, 3.8) is 0 Å². The van der Waals surface area contributed by atoms with E-state index in [-0.39, 0.29) is 11.4 Å². The quantitative estimate of drug-likeness (QED) is 0.578. The summed E-state index contributed by atoms with van der Waals surface area (Å²) in [6, 6.07) is 15.5. The Balaban J connectivity index is 1.40. The lowest BCUT2D eigenvalue weighted by Gasteiger charge is -2.34. The molecule has 1 aliphatic rings. The molecule has 33 heavy (non-hydrogen) atoms. The zero-order valence-corrected chi connectivity index (χ0v) is 18.8. The van der Waals surface area contributed by atoms with Crippen LogP contribution in [0.25, 0.3) is 5.69 Å². The molecule has 172 valence electrons. The first-order chi connectivity index (χ1) is 16.0. The topological polar surface area (TPSA) is 67.7 Å². The highest BCUT2D eigenvalue weighted by Gasteiger charge is 2.26. The summed E-state index contributed by atoms with van der Waals surface area (Å²) in [5.74, 6) is -0.0508. The summed E-state index contributed by atoms with van der Waals surface area (Å²) in [4.78, 5) is 29.5. The maximum atomic E-state index is 14.3. The first-order valence-corrected chi connectivity index (χ1v) is 11.0. The predicted octanol–water partition coefficient (Wildman–Crippen LogP) is 2.69. The standard InChI is InChI=1S/C25H27FN4O3/c1-18-17-23(31)24(27-30(18)22-6-4-3-5-21(22)26)25(32)29-15-13-28(14-16-29)12-11-19-7-9-20(33-2)10-8-19/h3-10,17H,11-16H2,1-2H3. The lowest BCUT2D eigenvalue weighted by molar-refractivity contribution is 0.0629. The van der Waals surface area contributed by atoms with Crippen LogP contribution in [0.4, 0.5) is 4.39 Å². The largest absolute Gasteiger partial charge is 0.497 e. The highest BCUT2D eigenvalue weighted by molar-refractivity contribution is 5.92. The molecule has 1 amide bonds. The number of methoxy groups -OCH3 is 1. The van der Waals surface area contributed by atoms with Crippen LogP contribution in [-0.4, -0.2) is 65.3 Å². The van der Waals surface area contributed by atoms with Gasteiger partial charge in [0.1, 0.15) is 17.3 Å². The predicted molar refractivity (Wildman–Crippen MR) is 124 cm³/mol. The molecule has 0 unspecified atom stereocenters. The third-order valence-electron chi connectivity index (χ3n) is 5.93. The van der Waals surface area contributed by atoms with Gasteiger partial charge in [-0.05, 0) is 43.2 Å². The van der Waals surface area contributed by atoms with Crippen LogP contribution in [0.2, 0.25) is 0 Å². The number of aryl methyl sites for hydroxylation is 1. The molecule has 0 bridgehead atoms. The fourth-order valence-electron chi connectivity index (χ4n) is 3.97. The monoisotopic (exact) mass is 450 g/mol. The molecular weight excluding hydrogens is 423 g/mol. The van der Waals surface area contributed by atoms with Crippen LogP contribution >= 0.6 is 0 Å². The average molecular weight is 451 g/mol. The number of piperazine rings is 1. The van der Waals surface area contributed by atoms with Crippen LogP contribution in [0.3, 0.4) is 0 Å². The van der Waals surface area contributed by atoms with E-state index in [0.717, 1.165) is 31.8 Å². The Morgan fingerprint density at radius 2 is 1.76 bits per heavy atom. The van der Waals surface area contributed by atoms with Gasteiger partial charge in [0.25, 0.3) is 5.91 Å². The van der Waals surface area contributed by atoms with E-state index < -0.39 is 17.2 Å². The zero-order valence-electron chi connectivity index (χ0n) is 18.8. The van der Waals surface area contributed by atoms with Crippen molar-refractivity contribution in [3.8, 4) is 11.4 Å². The minimum atomic E-state index is -0.472. The number of amides is 1. The number of carbonyl (C=O) groups is 1. The molecule has 1 aromatic heterocycles. The molecule has 0 radical (unpaired) electrons. The Morgan fingerprint density at radius 3 is 2.42 bits per heavy atom. The molecule has 8 heteroatoms. The van der Waals surface area contributed by atoms with Crippen molar-refractivity contribution in [2.45, 2.75) is 13.3 Å². The van der Waals surface area contributed by atoms with Crippen LogP contribution in [0, 0.1) is 12.7 Å². The van der Waals surface area contributed by atoms with E-state index in [1.54, 1.807) is 37.1 Å². The highest BCUT2D eigenvalue weighted by atomic mass is 19.1. The zero-order chi connectivity index (χ0) is 23.4. The number of halogens is 1. The van der Waals surface area contributed by atoms with E-state index in [0.29, 0.717) is 18.8 Å². The Labute approximate surface area is 192 Å². The molecule has 1 aliphatic heterocycles. The lowest BCUT2D eigenvalue weighted by atomic mass is 10.1. The van der Waals surface area contributed by atoms with E-state index in [2.05, 4.69) is 22.1 Å². The summed E-state index contributed by atoms with van der Waals surface area (Å²) in [7, 11) is 1.65. The van der Waals surface area contributed by atoms with Crippen molar-refractivity contribution >= 4 is 5.91 Å². The smallest absolute Gasteiger partial charge is 0.278 e. The molecule has 3 aromatic rings. The van der Waals surface area contributed by atoms with E-state index in [1.165, 1.54) is 22.4 Å². The molecule has 0 spiro atoms. The van der Waals surface area contributed by atoms with Gasteiger partial charge in [-0.1, -0.05) is 24.3 Å². The van der Waals surface area contributed by atoms with E-state index >= 15 is 0 Å². The molecule has 0 aliphatic carbocycles. The van der Waals surface area contributed by atoms with Crippen LogP contribution in [0.5, 0.6) is 5.75 Å². The number of ether oxygens (including phenoxy) is 1. The SMILES string of the molecule is COc1ccc(CCN2CCN(C(=O)c3nn(-c4ccccc4F)c(C)cc3=O)CC2)cc1. The summed E-state index contributed by atoms with van der Waals surface area (Å²) >= 11 is 0. The second kappa shape index (κ2) is 9.95. The van der Waals surface area contributed by atoms with Crippen molar-refractivity contribution in [2.24, 2.45) is 0 Å². The number of carbonyl (C=O) groups excluding carboxylic acids is 1. The van der Waals surface area contributed by atoms with Gasteiger partial charge >= 0.3 is 0 Å². The molecule has 0 saturated carbocycles. The van der Waals surface area contributed by atoms with Crippen molar-refractivity contribution < 1.29 is 13.9 Å². The van der Waals surface area contributed by atoms with Gasteiger partial charge < -0.3 is 9.64 Å². The van der Waals surface area contributed by atoms with Gasteiger partial charge in [0, 0.05) is 44.5 Å². The fraction of sp³-hybridized carbons (Fsp3) is 0.320. The third kappa shape index (κ3) is 5.12. The molecule has 0 N–H and O–H groups in total. The van der Waals surface area contributed by atoms with E-state index in [1.807, 2.05) is 12.1 Å². The van der Waals surface area contributed by atoms with Crippen LogP contribution in [0.15, 0.2) is 59.4 Å². The summed E-state index contributed by atoms with van der Waals surface area (Å²) in [5, 5.41) is 4.24. The van der Waals surface area contributed by atoms with E-state index in [4.69, 9.17) is 4.74 Å². The number of benzene rings is 2. The average Bonchev–Trinajstić information content (AvgIpc) is 2.84. The maximum absolute atomic E-state index is 14.3. The number of rotatable bonds is 6. The van der Waals surface area contributed by atoms with Crippen LogP contribution in [-0.2, 0) is 6.42 Å². The van der Waals surface area contributed by atoms with Crippen molar-refractivity contribution in [1.82, 2.24) is 19.6 Å². The van der Waals surface area contributed by atoms with Crippen molar-refractivity contribution in [2.75, 3.05) is 39.8 Å². The van der Waals surface area contributed by atoms with Crippen LogP contribution < -0.4 is 10.2 Å². The molecule has 2 aromatic carbocycles. The summed E-state index contributed by atoms with van der Waals surface area (Å²) < 4.78 is 20.8. The Bertz CT molecular complexity index is 1190. The van der Waals surface area contributed by atoms with E-state index in [9.17, 15) is 14.0 Å². The Kier molecular flexibility index (Phi) is 6.84. The van der Waals surface area contributed by atoms with Gasteiger partial charge in [0.05, 0.1) is 7.11 Å². The minimum Gasteiger partial charge on any atom is -0.497 e. The number of hydrogen-bond acceptors (Lipinski definition) is 5. The number of nitrogens with zero attached hydrogens (tertiary/aromatic N) is 4. The summed E-state index contributed by atoms with van der Waals surface area (Å²) in [6.45, 7) is 5.00. The molecule has 1 fully saturated rings. The van der Waals surface area contributed by atoms with Gasteiger partial charge in [-0.2, -0.15) is 5.10 Å². The fourth-order valence-corrected chi connectivity index (χ4v) is 3.97. The second-order valence-corrected chi connectivity index (χ2v) is 8.09. The van der Waals surface area contributed by atoms with Gasteiger partial charge in [-0.3, -0.25) is 14.5 Å². The Hall–Kier alpha value is -3.52. The van der Waals surface area contributed by atoms with Crippen molar-refractivity contribution in [3.05, 3.63) is 87.6 Å². The molecule has 2 heterocycles. The molecule has 4 rings (SSSR count). The number of para-hydroxylation sites is 1. The van der Waals surface area contributed by atoms with Gasteiger partial charge in [-0.15, -0.1) is 0 Å². The molecular formula is C25H27FN4O3.